The first-order valence-corrected chi connectivity index (χ1v) is 13.6. The Labute approximate surface area is 226 Å². The fourth-order valence-electron chi connectivity index (χ4n) is 5.97. The number of aryl methyl sites for hydroxylation is 2. The highest BCUT2D eigenvalue weighted by molar-refractivity contribution is 9.11. The van der Waals surface area contributed by atoms with Crippen molar-refractivity contribution in [2.75, 3.05) is 0 Å². The summed E-state index contributed by atoms with van der Waals surface area (Å²) in [4.78, 5) is 0. The summed E-state index contributed by atoms with van der Waals surface area (Å²) in [6.07, 6.45) is 0. The monoisotopic (exact) mass is 592 g/mol. The maximum Gasteiger partial charge on any atom is 0.0597 e. The van der Waals surface area contributed by atoms with Gasteiger partial charge >= 0.3 is 0 Å². The van der Waals surface area contributed by atoms with Crippen molar-refractivity contribution in [3.63, 3.8) is 0 Å². The maximum absolute atomic E-state index is 3.92. The lowest BCUT2D eigenvalue weighted by molar-refractivity contribution is 1.01. The minimum atomic E-state index is 1.11. The Balaban J connectivity index is 1.93. The molecule has 0 bridgehead atoms. The van der Waals surface area contributed by atoms with Crippen LogP contribution in [-0.2, 0) is 14.1 Å². The van der Waals surface area contributed by atoms with Crippen molar-refractivity contribution in [1.82, 2.24) is 9.13 Å². The van der Waals surface area contributed by atoms with Crippen LogP contribution in [0.1, 0.15) is 0 Å². The fourth-order valence-corrected chi connectivity index (χ4v) is 7.08. The number of benzene rings is 5. The van der Waals surface area contributed by atoms with Crippen LogP contribution in [0.2, 0.25) is 0 Å². The van der Waals surface area contributed by atoms with Crippen LogP contribution in [0.25, 0.3) is 65.9 Å². The van der Waals surface area contributed by atoms with Gasteiger partial charge in [0.15, 0.2) is 0 Å². The van der Waals surface area contributed by atoms with Gasteiger partial charge in [-0.1, -0.05) is 105 Å². The molecule has 0 atom stereocenters. The lowest BCUT2D eigenvalue weighted by Gasteiger charge is -2.17. The fraction of sp³-hybridized carbons (Fsp3) is 0.0625. The Hall–Kier alpha value is -3.34. The van der Waals surface area contributed by atoms with Crippen LogP contribution in [0.4, 0.5) is 0 Å². The van der Waals surface area contributed by atoms with Gasteiger partial charge in [-0.25, -0.2) is 0 Å². The zero-order valence-electron chi connectivity index (χ0n) is 19.9. The highest BCUT2D eigenvalue weighted by atomic mass is 79.9. The molecule has 0 fully saturated rings. The summed E-state index contributed by atoms with van der Waals surface area (Å²) in [6.45, 7) is 0. The molecule has 5 aromatic carbocycles. The minimum absolute atomic E-state index is 1.11. The topological polar surface area (TPSA) is 9.86 Å². The van der Waals surface area contributed by atoms with Gasteiger partial charge in [0.2, 0.25) is 0 Å². The quantitative estimate of drug-likeness (QED) is 0.189. The second kappa shape index (κ2) is 8.09. The van der Waals surface area contributed by atoms with Gasteiger partial charge in [0.05, 0.1) is 22.1 Å². The smallest absolute Gasteiger partial charge is 0.0597 e. The molecule has 7 rings (SSSR count). The number of hydrogen-bond acceptors (Lipinski definition) is 0. The van der Waals surface area contributed by atoms with E-state index in [4.69, 9.17) is 0 Å². The number of halogens is 2. The molecule has 0 N–H and O–H groups in total. The molecule has 2 heterocycles. The molecule has 0 aliphatic heterocycles. The lowest BCUT2D eigenvalue weighted by atomic mass is 9.88. The van der Waals surface area contributed by atoms with E-state index >= 15 is 0 Å². The highest BCUT2D eigenvalue weighted by Gasteiger charge is 2.27. The number of aromatic nitrogens is 2. The third-order valence-electron chi connectivity index (χ3n) is 7.45. The molecular weight excluding hydrogens is 572 g/mol. The zero-order valence-corrected chi connectivity index (χ0v) is 23.1. The molecule has 174 valence electrons. The molecule has 4 heteroatoms. The molecule has 0 saturated heterocycles. The van der Waals surface area contributed by atoms with Crippen molar-refractivity contribution < 1.29 is 0 Å². The predicted molar refractivity (Wildman–Crippen MR) is 161 cm³/mol. The van der Waals surface area contributed by atoms with Crippen LogP contribution in [0, 0.1) is 0 Å². The summed E-state index contributed by atoms with van der Waals surface area (Å²) in [6, 6.07) is 34.7. The summed E-state index contributed by atoms with van der Waals surface area (Å²) in [7, 11) is 4.39. The number of hydrogen-bond donors (Lipinski definition) is 0. The van der Waals surface area contributed by atoms with Crippen molar-refractivity contribution in [3.8, 4) is 22.3 Å². The van der Waals surface area contributed by atoms with Gasteiger partial charge in [0.25, 0.3) is 0 Å². The van der Waals surface area contributed by atoms with Crippen LogP contribution in [0.3, 0.4) is 0 Å². The number of fused-ring (bicyclic) bond motifs is 7. The highest BCUT2D eigenvalue weighted by Crippen LogP contribution is 2.51. The van der Waals surface area contributed by atoms with E-state index in [1.807, 2.05) is 0 Å². The maximum atomic E-state index is 3.92. The minimum Gasteiger partial charge on any atom is -0.343 e. The molecule has 0 unspecified atom stereocenters. The summed E-state index contributed by atoms with van der Waals surface area (Å²) in [5.74, 6) is 0. The molecule has 7 aromatic rings. The van der Waals surface area contributed by atoms with Gasteiger partial charge in [-0.2, -0.15) is 0 Å². The van der Waals surface area contributed by atoms with Crippen molar-refractivity contribution >= 4 is 75.5 Å². The van der Waals surface area contributed by atoms with Gasteiger partial charge in [0.1, 0.15) is 0 Å². The van der Waals surface area contributed by atoms with Crippen LogP contribution in [-0.4, -0.2) is 9.13 Å². The molecule has 0 aliphatic rings. The van der Waals surface area contributed by atoms with Crippen molar-refractivity contribution in [1.29, 1.82) is 0 Å². The Kier molecular flexibility index (Phi) is 4.92. The third kappa shape index (κ3) is 2.89. The number of nitrogens with zero attached hydrogens (tertiary/aromatic N) is 2. The van der Waals surface area contributed by atoms with E-state index in [2.05, 4.69) is 152 Å². The summed E-state index contributed by atoms with van der Waals surface area (Å²) < 4.78 is 6.97. The SMILES string of the molecule is Cn1c2cccc(Br)c2c2c1c(-c1ccccc1)c(-c1ccccc1)c1c3c(Br)cccc3n(C)c12. The van der Waals surface area contributed by atoms with Crippen molar-refractivity contribution in [2.24, 2.45) is 14.1 Å². The largest absolute Gasteiger partial charge is 0.343 e. The van der Waals surface area contributed by atoms with Crippen LogP contribution >= 0.6 is 31.9 Å². The van der Waals surface area contributed by atoms with Crippen LogP contribution in [0.5, 0.6) is 0 Å². The molecule has 0 saturated carbocycles. The third-order valence-corrected chi connectivity index (χ3v) is 8.77. The second-order valence-corrected chi connectivity index (χ2v) is 11.0. The van der Waals surface area contributed by atoms with Gasteiger partial charge in [-0.15, -0.1) is 0 Å². The summed E-state index contributed by atoms with van der Waals surface area (Å²) in [5.41, 5.74) is 9.89. The van der Waals surface area contributed by atoms with Gasteiger partial charge in [-0.05, 0) is 35.4 Å². The Morgan fingerprint density at radius 3 is 1.47 bits per heavy atom. The predicted octanol–water partition coefficient (Wildman–Crippen LogP) is 9.84. The van der Waals surface area contributed by atoms with E-state index < -0.39 is 0 Å². The normalized spacial score (nSPS) is 11.9. The lowest BCUT2D eigenvalue weighted by Crippen LogP contribution is -1.96. The van der Waals surface area contributed by atoms with E-state index in [1.54, 1.807) is 0 Å². The Bertz CT molecular complexity index is 1960. The van der Waals surface area contributed by atoms with Crippen LogP contribution in [0.15, 0.2) is 106 Å². The molecule has 0 radical (unpaired) electrons. The van der Waals surface area contributed by atoms with Gasteiger partial charge < -0.3 is 9.13 Å². The van der Waals surface area contributed by atoms with Crippen molar-refractivity contribution in [2.45, 2.75) is 0 Å². The molecular formula is C32H22Br2N2. The first kappa shape index (κ1) is 21.9. The molecule has 2 aromatic heterocycles. The molecule has 36 heavy (non-hydrogen) atoms. The molecule has 2 nitrogen and oxygen atoms in total. The molecule has 0 spiro atoms. The van der Waals surface area contributed by atoms with E-state index in [1.165, 1.54) is 65.9 Å². The first-order valence-electron chi connectivity index (χ1n) is 12.0. The Morgan fingerprint density at radius 1 is 0.444 bits per heavy atom. The van der Waals surface area contributed by atoms with Gasteiger partial charge in [-0.3, -0.25) is 0 Å². The van der Waals surface area contributed by atoms with E-state index in [9.17, 15) is 0 Å². The van der Waals surface area contributed by atoms with E-state index in [0.29, 0.717) is 0 Å². The number of rotatable bonds is 2. The standard InChI is InChI=1S/C32H22Br2N2/c1-35-24-18-10-16-22(34)28(24)30-31(35)26(20-13-7-4-8-14-20)25(19-11-5-3-6-12-19)29-27-21(33)15-9-17-23(27)36(2)32(29)30/h3-18H,1-2H3. The second-order valence-electron chi connectivity index (χ2n) is 9.32. The zero-order chi connectivity index (χ0) is 24.6. The summed E-state index contributed by atoms with van der Waals surface area (Å²) in [5, 5.41) is 5.05. The van der Waals surface area contributed by atoms with E-state index in [-0.39, 0.29) is 0 Å². The van der Waals surface area contributed by atoms with E-state index in [0.717, 1.165) is 8.95 Å². The average molecular weight is 594 g/mol. The average Bonchev–Trinajstić information content (AvgIpc) is 3.37. The Morgan fingerprint density at radius 2 is 0.917 bits per heavy atom. The molecule has 0 amide bonds. The van der Waals surface area contributed by atoms with Gasteiger partial charge in [0, 0.05) is 55.7 Å². The summed E-state index contributed by atoms with van der Waals surface area (Å²) >= 11 is 7.84. The van der Waals surface area contributed by atoms with Crippen molar-refractivity contribution in [3.05, 3.63) is 106 Å². The van der Waals surface area contributed by atoms with Crippen LogP contribution < -0.4 is 0 Å². The molecule has 0 aliphatic carbocycles. The first-order chi connectivity index (χ1) is 17.6.